The van der Waals surface area contributed by atoms with Gasteiger partial charge in [-0.3, -0.25) is 4.79 Å². The fourth-order valence-electron chi connectivity index (χ4n) is 4.16. The Morgan fingerprint density at radius 1 is 1.14 bits per heavy atom. The zero-order valence-corrected chi connectivity index (χ0v) is 20.3. The summed E-state index contributed by atoms with van der Waals surface area (Å²) in [6, 6.07) is 9.54. The number of nitrogens with zero attached hydrogens (tertiary/aromatic N) is 2. The van der Waals surface area contributed by atoms with Crippen molar-refractivity contribution in [2.45, 2.75) is 32.8 Å². The summed E-state index contributed by atoms with van der Waals surface area (Å²) >= 11 is 0. The number of hydrogen-bond donors (Lipinski definition) is 2. The van der Waals surface area contributed by atoms with Crippen molar-refractivity contribution in [2.24, 2.45) is 0 Å². The molecule has 0 spiro atoms. The van der Waals surface area contributed by atoms with Gasteiger partial charge in [-0.05, 0) is 68.2 Å². The van der Waals surface area contributed by atoms with Crippen LogP contribution in [0.15, 0.2) is 43.0 Å². The molecule has 6 nitrogen and oxygen atoms in total. The quantitative estimate of drug-likeness (QED) is 0.387. The number of aromatic nitrogens is 2. The Balaban J connectivity index is 1.76. The summed E-state index contributed by atoms with van der Waals surface area (Å²) in [6.07, 6.45) is 5.59. The zero-order valence-electron chi connectivity index (χ0n) is 20.3. The van der Waals surface area contributed by atoms with E-state index in [0.717, 1.165) is 41.8 Å². The van der Waals surface area contributed by atoms with Crippen molar-refractivity contribution in [3.63, 3.8) is 0 Å². The summed E-state index contributed by atoms with van der Waals surface area (Å²) < 4.78 is 34.2. The molecule has 2 N–H and O–H groups in total. The van der Waals surface area contributed by atoms with Crippen LogP contribution in [0.5, 0.6) is 0 Å². The molecule has 1 atom stereocenters. The van der Waals surface area contributed by atoms with Crippen molar-refractivity contribution in [3.05, 3.63) is 82.7 Å². The first kappa shape index (κ1) is 25.2. The Hall–Kier alpha value is -3.91. The van der Waals surface area contributed by atoms with E-state index in [1.54, 1.807) is 6.92 Å². The number of nitrogens with one attached hydrogen (secondary N) is 2. The molecule has 0 aliphatic carbocycles. The Labute approximate surface area is 209 Å². The highest BCUT2D eigenvalue weighted by molar-refractivity contribution is 5.89. The first-order valence-corrected chi connectivity index (χ1v) is 11.7. The van der Waals surface area contributed by atoms with E-state index in [2.05, 4.69) is 27.2 Å². The smallest absolute Gasteiger partial charge is 0.212 e. The number of halogens is 2. The van der Waals surface area contributed by atoms with Gasteiger partial charge in [0.05, 0.1) is 11.8 Å². The van der Waals surface area contributed by atoms with Crippen LogP contribution >= 0.6 is 0 Å². The number of carbonyl (C=O) groups is 1. The van der Waals surface area contributed by atoms with E-state index < -0.39 is 11.6 Å². The third-order valence-corrected chi connectivity index (χ3v) is 6.08. The van der Waals surface area contributed by atoms with Crippen LogP contribution in [0.2, 0.25) is 0 Å². The van der Waals surface area contributed by atoms with E-state index >= 15 is 0 Å². The second-order valence-electron chi connectivity index (χ2n) is 8.64. The highest BCUT2D eigenvalue weighted by atomic mass is 19.1. The number of aryl methyl sites for hydroxylation is 2. The Bertz CT molecular complexity index is 1300. The van der Waals surface area contributed by atoms with E-state index in [0.29, 0.717) is 30.0 Å². The molecule has 1 fully saturated rings. The topological polar surface area (TPSA) is 76.1 Å². The molecule has 1 amide bonds. The van der Waals surface area contributed by atoms with Crippen LogP contribution in [0.1, 0.15) is 40.9 Å². The van der Waals surface area contributed by atoms with Gasteiger partial charge in [-0.2, -0.15) is 0 Å². The molecule has 186 valence electrons. The minimum atomic E-state index is -0.697. The molecule has 0 saturated carbocycles. The molecule has 1 aliphatic heterocycles. The van der Waals surface area contributed by atoms with Gasteiger partial charge in [0, 0.05) is 35.5 Å². The average Bonchev–Trinajstić information content (AvgIpc) is 3.37. The fourth-order valence-corrected chi connectivity index (χ4v) is 4.16. The maximum Gasteiger partial charge on any atom is 0.212 e. The van der Waals surface area contributed by atoms with Gasteiger partial charge in [-0.15, -0.1) is 0 Å². The monoisotopic (exact) mass is 490 g/mol. The van der Waals surface area contributed by atoms with Gasteiger partial charge in [0.25, 0.3) is 0 Å². The normalized spacial score (nSPS) is 15.3. The lowest BCUT2D eigenvalue weighted by Gasteiger charge is -2.17. The number of ether oxygens (including phenoxy) is 1. The van der Waals surface area contributed by atoms with Gasteiger partial charge in [-0.1, -0.05) is 24.8 Å². The van der Waals surface area contributed by atoms with Crippen LogP contribution in [0.25, 0.3) is 29.1 Å². The molecular formula is C28H28F2N4O2. The summed E-state index contributed by atoms with van der Waals surface area (Å²) in [5.74, 6) is -0.723. The molecule has 0 bridgehead atoms. The first-order valence-electron chi connectivity index (χ1n) is 11.7. The molecule has 1 saturated heterocycles. The molecule has 4 rings (SSSR count). The molecule has 1 unspecified atom stereocenters. The van der Waals surface area contributed by atoms with Gasteiger partial charge in [0.1, 0.15) is 23.3 Å². The van der Waals surface area contributed by atoms with Gasteiger partial charge in [0.2, 0.25) is 6.41 Å². The van der Waals surface area contributed by atoms with Gasteiger partial charge < -0.3 is 15.4 Å². The predicted molar refractivity (Wildman–Crippen MR) is 138 cm³/mol. The highest BCUT2D eigenvalue weighted by Crippen LogP contribution is 2.32. The lowest BCUT2D eigenvalue weighted by Crippen LogP contribution is -2.24. The Kier molecular flexibility index (Phi) is 7.85. The third-order valence-electron chi connectivity index (χ3n) is 6.08. The molecule has 2 aromatic carbocycles. The SMILES string of the molecule is C=C(NCC1CCCO1)c1ccc(C)c(-c2nc(C)nc(NC=O)c2/C=C\c2c(F)cccc2F)c1. The zero-order chi connectivity index (χ0) is 25.7. The van der Waals surface area contributed by atoms with Crippen LogP contribution in [0.3, 0.4) is 0 Å². The molecule has 1 aromatic heterocycles. The minimum absolute atomic E-state index is 0.170. The maximum absolute atomic E-state index is 14.3. The number of carbonyl (C=O) groups excluding carboxylic acids is 1. The Morgan fingerprint density at radius 3 is 2.58 bits per heavy atom. The van der Waals surface area contributed by atoms with Crippen LogP contribution < -0.4 is 10.6 Å². The van der Waals surface area contributed by atoms with Gasteiger partial charge >= 0.3 is 0 Å². The van der Waals surface area contributed by atoms with Gasteiger partial charge in [-0.25, -0.2) is 18.7 Å². The van der Waals surface area contributed by atoms with Crippen molar-refractivity contribution in [1.82, 2.24) is 15.3 Å². The summed E-state index contributed by atoms with van der Waals surface area (Å²) in [6.45, 7) is 9.28. The predicted octanol–water partition coefficient (Wildman–Crippen LogP) is 5.52. The van der Waals surface area contributed by atoms with Crippen LogP contribution in [0, 0.1) is 25.5 Å². The summed E-state index contributed by atoms with van der Waals surface area (Å²) in [7, 11) is 0. The first-order chi connectivity index (χ1) is 17.4. The molecule has 8 heteroatoms. The standard InChI is InChI=1S/C28H28F2N4O2/c1-17-9-10-20(18(2)31-15-21-6-5-13-36-21)14-24(17)27-23(28(32-16-35)34-19(3)33-27)12-11-22-25(29)7-4-8-26(22)30/h4,7-12,14,16,21,31H,2,5-6,13,15H2,1,3H3,(H,32,33,34,35)/b12-11-. The molecular weight excluding hydrogens is 462 g/mol. The van der Waals surface area contributed by atoms with Crippen molar-refractivity contribution in [2.75, 3.05) is 18.5 Å². The summed E-state index contributed by atoms with van der Waals surface area (Å²) in [5.41, 5.74) is 4.06. The van der Waals surface area contributed by atoms with Crippen LogP contribution in [-0.4, -0.2) is 35.6 Å². The van der Waals surface area contributed by atoms with Crippen LogP contribution in [-0.2, 0) is 9.53 Å². The second kappa shape index (κ2) is 11.2. The second-order valence-corrected chi connectivity index (χ2v) is 8.64. The molecule has 2 heterocycles. The largest absolute Gasteiger partial charge is 0.382 e. The maximum atomic E-state index is 14.3. The molecule has 1 aliphatic rings. The average molecular weight is 491 g/mol. The lowest BCUT2D eigenvalue weighted by atomic mass is 9.97. The summed E-state index contributed by atoms with van der Waals surface area (Å²) in [5, 5.41) is 5.93. The summed E-state index contributed by atoms with van der Waals surface area (Å²) in [4.78, 5) is 20.3. The third kappa shape index (κ3) is 5.66. The van der Waals surface area contributed by atoms with E-state index in [1.165, 1.54) is 30.4 Å². The van der Waals surface area contributed by atoms with E-state index in [-0.39, 0.29) is 17.5 Å². The lowest BCUT2D eigenvalue weighted by molar-refractivity contribution is -0.105. The number of hydrogen-bond acceptors (Lipinski definition) is 5. The number of amides is 1. The van der Waals surface area contributed by atoms with E-state index in [4.69, 9.17) is 4.74 Å². The highest BCUT2D eigenvalue weighted by Gasteiger charge is 2.18. The fraction of sp³-hybridized carbons (Fsp3) is 0.250. The van der Waals surface area contributed by atoms with Gasteiger partial charge in [0.15, 0.2) is 0 Å². The number of anilines is 1. The van der Waals surface area contributed by atoms with E-state index in [9.17, 15) is 13.6 Å². The van der Waals surface area contributed by atoms with Crippen molar-refractivity contribution >= 4 is 30.1 Å². The van der Waals surface area contributed by atoms with Crippen molar-refractivity contribution in [3.8, 4) is 11.3 Å². The van der Waals surface area contributed by atoms with Crippen LogP contribution in [0.4, 0.5) is 14.6 Å². The van der Waals surface area contributed by atoms with Crippen molar-refractivity contribution < 1.29 is 18.3 Å². The molecule has 36 heavy (non-hydrogen) atoms. The number of rotatable bonds is 9. The molecule has 0 radical (unpaired) electrons. The van der Waals surface area contributed by atoms with E-state index in [1.807, 2.05) is 25.1 Å². The molecule has 3 aromatic rings. The Morgan fingerprint density at radius 2 is 1.89 bits per heavy atom. The number of benzene rings is 2. The van der Waals surface area contributed by atoms with Crippen molar-refractivity contribution in [1.29, 1.82) is 0 Å². The minimum Gasteiger partial charge on any atom is -0.382 e.